The van der Waals surface area contributed by atoms with Gasteiger partial charge in [-0.2, -0.15) is 0 Å². The van der Waals surface area contributed by atoms with Crippen molar-refractivity contribution in [3.63, 3.8) is 0 Å². The predicted molar refractivity (Wildman–Crippen MR) is 65.3 cm³/mol. The second-order valence-electron chi connectivity index (χ2n) is 3.80. The zero-order valence-electron chi connectivity index (χ0n) is 9.25. The fourth-order valence-electron chi connectivity index (χ4n) is 1.40. The van der Waals surface area contributed by atoms with Crippen LogP contribution in [0.25, 0.3) is 0 Å². The molecule has 0 aromatic carbocycles. The molecule has 0 aliphatic heterocycles. The smallest absolute Gasteiger partial charge is 0.267 e. The number of nitrogens with one attached hydrogen (secondary N) is 1. The van der Waals surface area contributed by atoms with Crippen LogP contribution in [0.1, 0.15) is 20.8 Å². The Morgan fingerprint density at radius 2 is 2.27 bits per heavy atom. The largest absolute Gasteiger partial charge is 0.355 e. The summed E-state index contributed by atoms with van der Waals surface area (Å²) in [6, 6.07) is 0. The van der Waals surface area contributed by atoms with E-state index in [4.69, 9.17) is 0 Å². The molecule has 0 saturated heterocycles. The van der Waals surface area contributed by atoms with E-state index in [1.165, 1.54) is 6.33 Å². The maximum Gasteiger partial charge on any atom is 0.267 e. The molecule has 1 aromatic rings. The lowest BCUT2D eigenvalue weighted by atomic mass is 10.2. The molecule has 0 spiro atoms. The van der Waals surface area contributed by atoms with Crippen molar-refractivity contribution in [2.45, 2.75) is 20.8 Å². The zero-order chi connectivity index (χ0) is 11.4. The number of hydrogen-bond acceptors (Lipinski definition) is 3. The molecule has 0 bridgehead atoms. The lowest BCUT2D eigenvalue weighted by Gasteiger charge is -2.24. The molecule has 1 N–H and O–H groups in total. The lowest BCUT2D eigenvalue weighted by Crippen LogP contribution is -2.30. The van der Waals surface area contributed by atoms with E-state index in [1.54, 1.807) is 0 Å². The standard InChI is InChI=1S/C10H16BrN3O/c1-4-14(5-7(2)3)9-8(11)10(15)13-6-12-9/h6-7H,4-5H2,1-3H3,(H,12,13,15). The molecule has 15 heavy (non-hydrogen) atoms. The van der Waals surface area contributed by atoms with Crippen molar-refractivity contribution in [1.29, 1.82) is 0 Å². The number of H-pyrrole nitrogens is 1. The molecule has 0 aliphatic carbocycles. The Labute approximate surface area is 97.8 Å². The normalized spacial score (nSPS) is 10.7. The van der Waals surface area contributed by atoms with Crippen LogP contribution < -0.4 is 10.5 Å². The molecule has 0 atom stereocenters. The molecular formula is C10H16BrN3O. The van der Waals surface area contributed by atoms with Gasteiger partial charge in [0.1, 0.15) is 10.3 Å². The van der Waals surface area contributed by atoms with Gasteiger partial charge < -0.3 is 9.88 Å². The first-order valence-electron chi connectivity index (χ1n) is 5.04. The van der Waals surface area contributed by atoms with Crippen LogP contribution in [0.3, 0.4) is 0 Å². The summed E-state index contributed by atoms with van der Waals surface area (Å²) in [4.78, 5) is 20.2. The summed E-state index contributed by atoms with van der Waals surface area (Å²) in [7, 11) is 0. The molecule has 5 heteroatoms. The number of rotatable bonds is 4. The molecule has 0 unspecified atom stereocenters. The van der Waals surface area contributed by atoms with E-state index in [2.05, 4.69) is 51.6 Å². The summed E-state index contributed by atoms with van der Waals surface area (Å²) in [5, 5.41) is 0. The van der Waals surface area contributed by atoms with Crippen LogP contribution in [0, 0.1) is 5.92 Å². The number of hydrogen-bond donors (Lipinski definition) is 1. The van der Waals surface area contributed by atoms with E-state index in [0.29, 0.717) is 10.4 Å². The first-order valence-corrected chi connectivity index (χ1v) is 5.83. The minimum Gasteiger partial charge on any atom is -0.355 e. The van der Waals surface area contributed by atoms with Gasteiger partial charge in [0.15, 0.2) is 0 Å². The first kappa shape index (κ1) is 12.2. The van der Waals surface area contributed by atoms with E-state index in [-0.39, 0.29) is 5.56 Å². The highest BCUT2D eigenvalue weighted by atomic mass is 79.9. The quantitative estimate of drug-likeness (QED) is 0.913. The third kappa shape index (κ3) is 3.06. The SMILES string of the molecule is CCN(CC(C)C)c1nc[nH]c(=O)c1Br. The topological polar surface area (TPSA) is 49.0 Å². The second-order valence-corrected chi connectivity index (χ2v) is 4.59. The summed E-state index contributed by atoms with van der Waals surface area (Å²) in [6.45, 7) is 8.07. The van der Waals surface area contributed by atoms with Crippen LogP contribution in [0.5, 0.6) is 0 Å². The van der Waals surface area contributed by atoms with Gasteiger partial charge in [0.05, 0.1) is 6.33 Å². The number of nitrogens with zero attached hydrogens (tertiary/aromatic N) is 2. The van der Waals surface area contributed by atoms with Crippen molar-refractivity contribution in [1.82, 2.24) is 9.97 Å². The number of aromatic nitrogens is 2. The van der Waals surface area contributed by atoms with Gasteiger partial charge in [-0.3, -0.25) is 4.79 Å². The molecule has 0 saturated carbocycles. The highest BCUT2D eigenvalue weighted by molar-refractivity contribution is 9.10. The van der Waals surface area contributed by atoms with Gasteiger partial charge in [0.2, 0.25) is 0 Å². The van der Waals surface area contributed by atoms with Gasteiger partial charge in [-0.05, 0) is 28.8 Å². The summed E-state index contributed by atoms with van der Waals surface area (Å²) in [5.41, 5.74) is -0.137. The van der Waals surface area contributed by atoms with Gasteiger partial charge in [0.25, 0.3) is 5.56 Å². The monoisotopic (exact) mass is 273 g/mol. The van der Waals surface area contributed by atoms with Crippen LogP contribution in [0.4, 0.5) is 5.82 Å². The number of anilines is 1. The second kappa shape index (κ2) is 5.30. The Kier molecular flexibility index (Phi) is 4.32. The first-order chi connectivity index (χ1) is 7.06. The Hall–Kier alpha value is -0.840. The molecule has 84 valence electrons. The molecule has 0 amide bonds. The van der Waals surface area contributed by atoms with Crippen molar-refractivity contribution >= 4 is 21.7 Å². The summed E-state index contributed by atoms with van der Waals surface area (Å²) in [5.74, 6) is 1.26. The third-order valence-corrected chi connectivity index (χ3v) is 2.76. The Morgan fingerprint density at radius 3 is 2.80 bits per heavy atom. The molecule has 1 aromatic heterocycles. The molecular weight excluding hydrogens is 258 g/mol. The van der Waals surface area contributed by atoms with Crippen molar-refractivity contribution in [2.24, 2.45) is 5.92 Å². The average molecular weight is 274 g/mol. The summed E-state index contributed by atoms with van der Waals surface area (Å²) < 4.78 is 0.507. The summed E-state index contributed by atoms with van der Waals surface area (Å²) >= 11 is 3.26. The van der Waals surface area contributed by atoms with E-state index >= 15 is 0 Å². The number of aromatic amines is 1. The van der Waals surface area contributed by atoms with Gasteiger partial charge in [-0.15, -0.1) is 0 Å². The Balaban J connectivity index is 3.01. The predicted octanol–water partition coefficient (Wildman–Crippen LogP) is 2.01. The fourth-order valence-corrected chi connectivity index (χ4v) is 1.87. The van der Waals surface area contributed by atoms with Crippen molar-refractivity contribution < 1.29 is 0 Å². The van der Waals surface area contributed by atoms with Gasteiger partial charge in [-0.1, -0.05) is 13.8 Å². The maximum atomic E-state index is 11.4. The molecule has 1 rings (SSSR count). The minimum atomic E-state index is -0.137. The van der Waals surface area contributed by atoms with Crippen molar-refractivity contribution in [2.75, 3.05) is 18.0 Å². The maximum absolute atomic E-state index is 11.4. The average Bonchev–Trinajstić information content (AvgIpc) is 2.19. The van der Waals surface area contributed by atoms with Crippen molar-refractivity contribution in [3.8, 4) is 0 Å². The lowest BCUT2D eigenvalue weighted by molar-refractivity contribution is 0.613. The van der Waals surface area contributed by atoms with Crippen molar-refractivity contribution in [3.05, 3.63) is 21.2 Å². The van der Waals surface area contributed by atoms with E-state index in [1.807, 2.05) is 0 Å². The van der Waals surface area contributed by atoms with E-state index in [0.717, 1.165) is 18.9 Å². The van der Waals surface area contributed by atoms with E-state index in [9.17, 15) is 4.79 Å². The van der Waals surface area contributed by atoms with E-state index < -0.39 is 0 Å². The molecule has 0 radical (unpaired) electrons. The molecule has 4 nitrogen and oxygen atoms in total. The number of halogens is 1. The minimum absolute atomic E-state index is 0.137. The Morgan fingerprint density at radius 1 is 1.60 bits per heavy atom. The summed E-state index contributed by atoms with van der Waals surface area (Å²) in [6.07, 6.45) is 1.44. The molecule has 0 aliphatic rings. The van der Waals surface area contributed by atoms with Crippen LogP contribution >= 0.6 is 15.9 Å². The van der Waals surface area contributed by atoms with Crippen LogP contribution in [-0.2, 0) is 0 Å². The highest BCUT2D eigenvalue weighted by Gasteiger charge is 2.13. The van der Waals surface area contributed by atoms with Crippen LogP contribution in [-0.4, -0.2) is 23.1 Å². The highest BCUT2D eigenvalue weighted by Crippen LogP contribution is 2.19. The molecule has 1 heterocycles. The molecule has 0 fully saturated rings. The third-order valence-electron chi connectivity index (χ3n) is 2.04. The Bertz CT molecular complexity index is 375. The zero-order valence-corrected chi connectivity index (χ0v) is 10.8. The van der Waals surface area contributed by atoms with Crippen LogP contribution in [0.2, 0.25) is 0 Å². The van der Waals surface area contributed by atoms with Gasteiger partial charge in [-0.25, -0.2) is 4.98 Å². The van der Waals surface area contributed by atoms with Gasteiger partial charge >= 0.3 is 0 Å². The van der Waals surface area contributed by atoms with Crippen LogP contribution in [0.15, 0.2) is 15.6 Å². The fraction of sp³-hybridized carbons (Fsp3) is 0.600. The van der Waals surface area contributed by atoms with Gasteiger partial charge in [0, 0.05) is 13.1 Å².